The van der Waals surface area contributed by atoms with Crippen LogP contribution in [0, 0.1) is 0 Å². The zero-order valence-electron chi connectivity index (χ0n) is 18.0. The maximum atomic E-state index is 12.3. The van der Waals surface area contributed by atoms with Gasteiger partial charge in [-0.05, 0) is 56.7 Å². The Morgan fingerprint density at radius 1 is 1.07 bits per heavy atom. The van der Waals surface area contributed by atoms with Crippen LogP contribution in [0.5, 0.6) is 0 Å². The van der Waals surface area contributed by atoms with Gasteiger partial charge < -0.3 is 15.0 Å². The van der Waals surface area contributed by atoms with Crippen molar-refractivity contribution in [3.8, 4) is 0 Å². The van der Waals surface area contributed by atoms with Crippen LogP contribution in [0.1, 0.15) is 59.9 Å². The van der Waals surface area contributed by atoms with Crippen LogP contribution in [0.25, 0.3) is 0 Å². The zero-order chi connectivity index (χ0) is 20.9. The summed E-state index contributed by atoms with van der Waals surface area (Å²) in [4.78, 5) is 27.2. The van der Waals surface area contributed by atoms with Crippen molar-refractivity contribution in [1.29, 1.82) is 0 Å². The number of carbonyl (C=O) groups excluding carboxylic acids is 2. The molecule has 2 rings (SSSR count). The molecule has 5 nitrogen and oxygen atoms in total. The SMILES string of the molecule is CC(C)(C)OC(=O)N1CCC(NC(=O)CSc2ccc(C(C)(C)C)cc2)CC1. The van der Waals surface area contributed by atoms with Crippen molar-refractivity contribution in [2.45, 2.75) is 76.3 Å². The molecule has 1 N–H and O–H groups in total. The van der Waals surface area contributed by atoms with Crippen molar-refractivity contribution >= 4 is 23.8 Å². The van der Waals surface area contributed by atoms with E-state index in [4.69, 9.17) is 4.74 Å². The summed E-state index contributed by atoms with van der Waals surface area (Å²) < 4.78 is 5.41. The van der Waals surface area contributed by atoms with Crippen LogP contribution in [-0.2, 0) is 14.9 Å². The predicted octanol–water partition coefficient (Wildman–Crippen LogP) is 4.59. The number of nitrogens with zero attached hydrogens (tertiary/aromatic N) is 1. The molecule has 0 radical (unpaired) electrons. The zero-order valence-corrected chi connectivity index (χ0v) is 18.8. The minimum atomic E-state index is -0.482. The molecule has 6 heteroatoms. The van der Waals surface area contributed by atoms with Crippen LogP contribution in [0.15, 0.2) is 29.2 Å². The molecule has 1 saturated heterocycles. The van der Waals surface area contributed by atoms with Crippen molar-refractivity contribution in [1.82, 2.24) is 10.2 Å². The van der Waals surface area contributed by atoms with Crippen molar-refractivity contribution < 1.29 is 14.3 Å². The molecule has 1 fully saturated rings. The van der Waals surface area contributed by atoms with E-state index in [1.54, 1.807) is 16.7 Å². The summed E-state index contributed by atoms with van der Waals surface area (Å²) in [6.07, 6.45) is 1.25. The molecule has 1 aliphatic heterocycles. The first kappa shape index (κ1) is 22.6. The van der Waals surface area contributed by atoms with Crippen molar-refractivity contribution in [2.24, 2.45) is 0 Å². The summed E-state index contributed by atoms with van der Waals surface area (Å²) in [6.45, 7) is 13.4. The van der Waals surface area contributed by atoms with E-state index in [-0.39, 0.29) is 23.5 Å². The molecular weight excluding hydrogens is 372 g/mol. The minimum absolute atomic E-state index is 0.0422. The summed E-state index contributed by atoms with van der Waals surface area (Å²) >= 11 is 1.55. The van der Waals surface area contributed by atoms with E-state index in [9.17, 15) is 9.59 Å². The molecule has 2 amide bonds. The second-order valence-electron chi connectivity index (χ2n) is 9.37. The van der Waals surface area contributed by atoms with E-state index in [2.05, 4.69) is 50.4 Å². The average Bonchev–Trinajstić information content (AvgIpc) is 2.59. The van der Waals surface area contributed by atoms with E-state index in [0.29, 0.717) is 18.8 Å². The standard InChI is InChI=1S/C22H34N2O3S/c1-21(2,3)16-7-9-18(10-8-16)28-15-19(25)23-17-11-13-24(14-12-17)20(26)27-22(4,5)6/h7-10,17H,11-15H2,1-6H3,(H,23,25). The topological polar surface area (TPSA) is 58.6 Å². The summed E-state index contributed by atoms with van der Waals surface area (Å²) in [5.41, 5.74) is 0.942. The van der Waals surface area contributed by atoms with Gasteiger partial charge in [0.2, 0.25) is 5.91 Å². The van der Waals surface area contributed by atoms with Gasteiger partial charge in [-0.15, -0.1) is 11.8 Å². The maximum absolute atomic E-state index is 12.3. The third-order valence-corrected chi connectivity index (χ3v) is 5.61. The molecule has 0 aromatic heterocycles. The van der Waals surface area contributed by atoms with Gasteiger partial charge in [0.25, 0.3) is 0 Å². The average molecular weight is 407 g/mol. The monoisotopic (exact) mass is 406 g/mol. The Labute approximate surface area is 173 Å². The Morgan fingerprint density at radius 3 is 2.14 bits per heavy atom. The summed E-state index contributed by atoms with van der Waals surface area (Å²) in [5, 5.41) is 3.09. The number of piperidine rings is 1. The maximum Gasteiger partial charge on any atom is 0.410 e. The van der Waals surface area contributed by atoms with Gasteiger partial charge in [0.15, 0.2) is 0 Å². The highest BCUT2D eigenvalue weighted by molar-refractivity contribution is 8.00. The van der Waals surface area contributed by atoms with Gasteiger partial charge in [0.05, 0.1) is 5.75 Å². The number of ether oxygens (including phenoxy) is 1. The van der Waals surface area contributed by atoms with Gasteiger partial charge in [0, 0.05) is 24.0 Å². The third-order valence-electron chi connectivity index (χ3n) is 4.60. The van der Waals surface area contributed by atoms with E-state index >= 15 is 0 Å². The molecule has 1 aliphatic rings. The molecule has 156 valence electrons. The number of thioether (sulfide) groups is 1. The fraction of sp³-hybridized carbons (Fsp3) is 0.636. The highest BCUT2D eigenvalue weighted by Gasteiger charge is 2.27. The fourth-order valence-corrected chi connectivity index (χ4v) is 3.71. The lowest BCUT2D eigenvalue weighted by molar-refractivity contribution is -0.119. The third kappa shape index (κ3) is 7.38. The molecule has 0 unspecified atom stereocenters. The Morgan fingerprint density at radius 2 is 1.64 bits per heavy atom. The van der Waals surface area contributed by atoms with E-state index in [0.717, 1.165) is 17.7 Å². The number of carbonyl (C=O) groups is 2. The number of hydrogen-bond donors (Lipinski definition) is 1. The number of nitrogens with one attached hydrogen (secondary N) is 1. The number of rotatable bonds is 4. The van der Waals surface area contributed by atoms with E-state index in [1.165, 1.54) is 5.56 Å². The predicted molar refractivity (Wildman–Crippen MR) is 115 cm³/mol. The van der Waals surface area contributed by atoms with Crippen LogP contribution in [0.4, 0.5) is 4.79 Å². The molecule has 28 heavy (non-hydrogen) atoms. The van der Waals surface area contributed by atoms with Crippen molar-refractivity contribution in [3.05, 3.63) is 29.8 Å². The fourth-order valence-electron chi connectivity index (χ4n) is 3.00. The summed E-state index contributed by atoms with van der Waals surface area (Å²) in [7, 11) is 0. The van der Waals surface area contributed by atoms with Crippen LogP contribution < -0.4 is 5.32 Å². The molecule has 0 saturated carbocycles. The van der Waals surface area contributed by atoms with E-state index < -0.39 is 5.60 Å². The summed E-state index contributed by atoms with van der Waals surface area (Å²) in [5.74, 6) is 0.446. The van der Waals surface area contributed by atoms with Gasteiger partial charge in [-0.25, -0.2) is 4.79 Å². The highest BCUT2D eigenvalue weighted by atomic mass is 32.2. The first-order valence-corrected chi connectivity index (χ1v) is 10.9. The van der Waals surface area contributed by atoms with Gasteiger partial charge in [-0.3, -0.25) is 4.79 Å². The number of benzene rings is 1. The lowest BCUT2D eigenvalue weighted by Crippen LogP contribution is -2.48. The van der Waals surface area contributed by atoms with E-state index in [1.807, 2.05) is 20.8 Å². The molecular formula is C22H34N2O3S. The Hall–Kier alpha value is -1.69. The molecule has 0 atom stereocenters. The first-order valence-electron chi connectivity index (χ1n) is 9.95. The highest BCUT2D eigenvalue weighted by Crippen LogP contribution is 2.25. The van der Waals surface area contributed by atoms with Gasteiger partial charge in [-0.1, -0.05) is 32.9 Å². The van der Waals surface area contributed by atoms with Crippen LogP contribution >= 0.6 is 11.8 Å². The molecule has 1 aromatic carbocycles. The summed E-state index contributed by atoms with van der Waals surface area (Å²) in [6, 6.07) is 8.55. The Bertz CT molecular complexity index is 667. The van der Waals surface area contributed by atoms with Gasteiger partial charge in [-0.2, -0.15) is 0 Å². The molecule has 0 aliphatic carbocycles. The smallest absolute Gasteiger partial charge is 0.410 e. The number of amides is 2. The van der Waals surface area contributed by atoms with Crippen LogP contribution in [0.2, 0.25) is 0 Å². The number of hydrogen-bond acceptors (Lipinski definition) is 4. The van der Waals surface area contributed by atoms with Crippen molar-refractivity contribution in [3.63, 3.8) is 0 Å². The van der Waals surface area contributed by atoms with Crippen molar-refractivity contribution in [2.75, 3.05) is 18.8 Å². The second kappa shape index (κ2) is 9.21. The Balaban J connectivity index is 1.72. The Kier molecular flexibility index (Phi) is 7.43. The lowest BCUT2D eigenvalue weighted by atomic mass is 9.87. The first-order chi connectivity index (χ1) is 12.9. The lowest BCUT2D eigenvalue weighted by Gasteiger charge is -2.33. The quantitative estimate of drug-likeness (QED) is 0.743. The minimum Gasteiger partial charge on any atom is -0.444 e. The van der Waals surface area contributed by atoms with Crippen LogP contribution in [-0.4, -0.2) is 47.4 Å². The molecule has 1 heterocycles. The van der Waals surface area contributed by atoms with Gasteiger partial charge >= 0.3 is 6.09 Å². The molecule has 0 bridgehead atoms. The molecule has 0 spiro atoms. The molecule has 1 aromatic rings. The second-order valence-corrected chi connectivity index (χ2v) is 10.4. The normalized spacial score (nSPS) is 16.0. The number of likely N-dealkylation sites (tertiary alicyclic amines) is 1. The van der Waals surface area contributed by atoms with Crippen LogP contribution in [0.3, 0.4) is 0 Å². The van der Waals surface area contributed by atoms with Gasteiger partial charge in [0.1, 0.15) is 5.60 Å². The largest absolute Gasteiger partial charge is 0.444 e.